The zero-order chi connectivity index (χ0) is 10.8. The minimum absolute atomic E-state index is 0.0799. The van der Waals surface area contributed by atoms with Crippen LogP contribution in [0, 0.1) is 12.7 Å². The number of aryl methyl sites for hydroxylation is 1. The topological polar surface area (TPSA) is 35.2 Å². The number of nitrogens with two attached hydrogens (primary N) is 1. The zero-order valence-corrected chi connectivity index (χ0v) is 8.87. The van der Waals surface area contributed by atoms with Gasteiger partial charge in [-0.1, -0.05) is 6.07 Å². The molecule has 0 amide bonds. The molecule has 0 saturated heterocycles. The summed E-state index contributed by atoms with van der Waals surface area (Å²) < 4.78 is 19.0. The largest absolute Gasteiger partial charge is 0.487 e. The molecule has 1 aliphatic carbocycles. The van der Waals surface area contributed by atoms with Gasteiger partial charge in [0.25, 0.3) is 0 Å². The monoisotopic (exact) mass is 209 g/mol. The minimum atomic E-state index is -0.291. The number of hydrogen-bond donors (Lipinski definition) is 1. The molecule has 0 radical (unpaired) electrons. The maximum absolute atomic E-state index is 13.4. The van der Waals surface area contributed by atoms with Gasteiger partial charge in [-0.25, -0.2) is 4.39 Å². The molecule has 1 saturated carbocycles. The molecule has 0 aromatic heterocycles. The van der Waals surface area contributed by atoms with Crippen LogP contribution in [0.5, 0.6) is 5.75 Å². The second-order valence-electron chi connectivity index (χ2n) is 4.25. The van der Waals surface area contributed by atoms with E-state index in [1.807, 2.05) is 6.92 Å². The van der Waals surface area contributed by atoms with Gasteiger partial charge in [0, 0.05) is 6.04 Å². The maximum Gasteiger partial charge on any atom is 0.165 e. The number of ether oxygens (including phenoxy) is 1. The van der Waals surface area contributed by atoms with Crippen LogP contribution in [0.25, 0.3) is 0 Å². The summed E-state index contributed by atoms with van der Waals surface area (Å²) in [5, 5.41) is 0. The molecular weight excluding hydrogens is 193 g/mol. The average Bonchev–Trinajstić information content (AvgIpc) is 2.58. The lowest BCUT2D eigenvalue weighted by Gasteiger charge is -2.14. The van der Waals surface area contributed by atoms with E-state index in [1.54, 1.807) is 12.1 Å². The Hall–Kier alpha value is -1.09. The van der Waals surface area contributed by atoms with Gasteiger partial charge in [-0.15, -0.1) is 0 Å². The van der Waals surface area contributed by atoms with Crippen LogP contribution >= 0.6 is 0 Å². The van der Waals surface area contributed by atoms with Crippen molar-refractivity contribution in [2.24, 2.45) is 5.73 Å². The lowest BCUT2D eigenvalue weighted by Crippen LogP contribution is -2.19. The summed E-state index contributed by atoms with van der Waals surface area (Å²) in [6, 6.07) is 5.13. The van der Waals surface area contributed by atoms with E-state index in [0.29, 0.717) is 5.75 Å². The first-order valence-electron chi connectivity index (χ1n) is 5.33. The third kappa shape index (κ3) is 2.48. The van der Waals surface area contributed by atoms with Crippen molar-refractivity contribution in [2.75, 3.05) is 0 Å². The second-order valence-corrected chi connectivity index (χ2v) is 4.25. The second kappa shape index (κ2) is 4.19. The Balaban J connectivity index is 2.07. The fraction of sp³-hybridized carbons (Fsp3) is 0.500. The summed E-state index contributed by atoms with van der Waals surface area (Å²) >= 11 is 0. The van der Waals surface area contributed by atoms with E-state index in [-0.39, 0.29) is 18.0 Å². The molecule has 0 heterocycles. The molecule has 2 rings (SSSR count). The van der Waals surface area contributed by atoms with Gasteiger partial charge in [-0.05, 0) is 43.9 Å². The normalized spacial score (nSPS) is 25.5. The smallest absolute Gasteiger partial charge is 0.165 e. The Bertz CT molecular complexity index is 353. The molecule has 82 valence electrons. The standard InChI is InChI=1S/C12H16FNO/c1-8-2-5-11(13)12(6-8)15-10-4-3-9(14)7-10/h2,5-6,9-10H,3-4,7,14H2,1H3. The molecule has 1 aliphatic rings. The van der Waals surface area contributed by atoms with Gasteiger partial charge in [0.2, 0.25) is 0 Å². The van der Waals surface area contributed by atoms with E-state index in [4.69, 9.17) is 10.5 Å². The molecular formula is C12H16FNO. The Morgan fingerprint density at radius 2 is 2.20 bits per heavy atom. The molecule has 1 aromatic rings. The first-order valence-corrected chi connectivity index (χ1v) is 5.33. The third-order valence-electron chi connectivity index (χ3n) is 2.81. The number of rotatable bonds is 2. The Morgan fingerprint density at radius 1 is 1.40 bits per heavy atom. The Kier molecular flexibility index (Phi) is 2.91. The predicted octanol–water partition coefficient (Wildman–Crippen LogP) is 2.39. The average molecular weight is 209 g/mol. The van der Waals surface area contributed by atoms with Crippen molar-refractivity contribution < 1.29 is 9.13 Å². The van der Waals surface area contributed by atoms with Gasteiger partial charge in [-0.2, -0.15) is 0 Å². The van der Waals surface area contributed by atoms with Crippen LogP contribution in [0.15, 0.2) is 18.2 Å². The van der Waals surface area contributed by atoms with Gasteiger partial charge < -0.3 is 10.5 Å². The van der Waals surface area contributed by atoms with E-state index >= 15 is 0 Å². The molecule has 0 aliphatic heterocycles. The predicted molar refractivity (Wildman–Crippen MR) is 57.4 cm³/mol. The molecule has 2 atom stereocenters. The molecule has 15 heavy (non-hydrogen) atoms. The van der Waals surface area contributed by atoms with Crippen LogP contribution in [0.3, 0.4) is 0 Å². The van der Waals surface area contributed by atoms with Crippen LogP contribution in [-0.4, -0.2) is 12.1 Å². The first-order chi connectivity index (χ1) is 7.15. The highest BCUT2D eigenvalue weighted by Crippen LogP contribution is 2.26. The minimum Gasteiger partial charge on any atom is -0.487 e. The van der Waals surface area contributed by atoms with Gasteiger partial charge in [0.1, 0.15) is 6.10 Å². The van der Waals surface area contributed by atoms with Crippen molar-refractivity contribution in [3.63, 3.8) is 0 Å². The molecule has 1 aromatic carbocycles. The van der Waals surface area contributed by atoms with Crippen LogP contribution in [-0.2, 0) is 0 Å². The quantitative estimate of drug-likeness (QED) is 0.811. The van der Waals surface area contributed by atoms with Crippen molar-refractivity contribution in [3.05, 3.63) is 29.6 Å². The fourth-order valence-corrected chi connectivity index (χ4v) is 1.96. The van der Waals surface area contributed by atoms with E-state index < -0.39 is 0 Å². The molecule has 2 N–H and O–H groups in total. The van der Waals surface area contributed by atoms with Gasteiger partial charge in [0.15, 0.2) is 11.6 Å². The van der Waals surface area contributed by atoms with Crippen molar-refractivity contribution in [2.45, 2.75) is 38.3 Å². The van der Waals surface area contributed by atoms with Crippen LogP contribution in [0.1, 0.15) is 24.8 Å². The molecule has 0 spiro atoms. The van der Waals surface area contributed by atoms with Gasteiger partial charge in [0.05, 0.1) is 0 Å². The SMILES string of the molecule is Cc1ccc(F)c(OC2CCC(N)C2)c1. The number of hydrogen-bond acceptors (Lipinski definition) is 2. The van der Waals surface area contributed by atoms with E-state index in [9.17, 15) is 4.39 Å². The van der Waals surface area contributed by atoms with Crippen LogP contribution < -0.4 is 10.5 Å². The molecule has 0 bridgehead atoms. The van der Waals surface area contributed by atoms with E-state index in [2.05, 4.69) is 0 Å². The highest BCUT2D eigenvalue weighted by Gasteiger charge is 2.23. The fourth-order valence-electron chi connectivity index (χ4n) is 1.96. The van der Waals surface area contributed by atoms with E-state index in [0.717, 1.165) is 24.8 Å². The summed E-state index contributed by atoms with van der Waals surface area (Å²) in [6.45, 7) is 1.92. The first kappa shape index (κ1) is 10.4. The summed E-state index contributed by atoms with van der Waals surface area (Å²) in [5.41, 5.74) is 6.78. The third-order valence-corrected chi connectivity index (χ3v) is 2.81. The van der Waals surface area contributed by atoms with Crippen LogP contribution in [0.4, 0.5) is 4.39 Å². The van der Waals surface area contributed by atoms with Gasteiger partial charge >= 0.3 is 0 Å². The highest BCUT2D eigenvalue weighted by molar-refractivity contribution is 5.29. The molecule has 2 nitrogen and oxygen atoms in total. The highest BCUT2D eigenvalue weighted by atomic mass is 19.1. The molecule has 1 fully saturated rings. The summed E-state index contributed by atoms with van der Waals surface area (Å²) in [5.74, 6) is 0.0650. The number of benzene rings is 1. The van der Waals surface area contributed by atoms with Crippen molar-refractivity contribution in [3.8, 4) is 5.75 Å². The van der Waals surface area contributed by atoms with Crippen molar-refractivity contribution in [1.29, 1.82) is 0 Å². The van der Waals surface area contributed by atoms with Crippen LogP contribution in [0.2, 0.25) is 0 Å². The zero-order valence-electron chi connectivity index (χ0n) is 8.87. The Labute approximate surface area is 89.2 Å². The lowest BCUT2D eigenvalue weighted by atomic mass is 10.2. The number of halogens is 1. The maximum atomic E-state index is 13.4. The van der Waals surface area contributed by atoms with Crippen molar-refractivity contribution in [1.82, 2.24) is 0 Å². The summed E-state index contributed by atoms with van der Waals surface area (Å²) in [6.07, 6.45) is 2.80. The van der Waals surface area contributed by atoms with E-state index in [1.165, 1.54) is 6.07 Å². The van der Waals surface area contributed by atoms with Gasteiger partial charge in [-0.3, -0.25) is 0 Å². The summed E-state index contributed by atoms with van der Waals surface area (Å²) in [4.78, 5) is 0. The molecule has 3 heteroatoms. The Morgan fingerprint density at radius 3 is 2.87 bits per heavy atom. The summed E-state index contributed by atoms with van der Waals surface area (Å²) in [7, 11) is 0. The molecule has 2 unspecified atom stereocenters. The van der Waals surface area contributed by atoms with Crippen molar-refractivity contribution >= 4 is 0 Å². The lowest BCUT2D eigenvalue weighted by molar-refractivity contribution is 0.199.